The van der Waals surface area contributed by atoms with E-state index >= 15 is 0 Å². The van der Waals surface area contributed by atoms with Gasteiger partial charge in [0.25, 0.3) is 5.91 Å². The molecule has 1 saturated heterocycles. The molecule has 2 aliphatic rings. The molecule has 28 heavy (non-hydrogen) atoms. The van der Waals surface area contributed by atoms with Gasteiger partial charge in [0.05, 0.1) is 23.8 Å². The summed E-state index contributed by atoms with van der Waals surface area (Å²) in [5.74, 6) is 0.913. The van der Waals surface area contributed by atoms with Gasteiger partial charge in [-0.2, -0.15) is 0 Å². The molecule has 1 spiro atoms. The maximum absolute atomic E-state index is 13.0. The molecule has 5 rings (SSSR count). The monoisotopic (exact) mass is 376 g/mol. The Morgan fingerprint density at radius 3 is 2.64 bits per heavy atom. The average Bonchev–Trinajstić information content (AvgIpc) is 3.43. The third kappa shape index (κ3) is 2.67. The maximum atomic E-state index is 13.0. The predicted molar refractivity (Wildman–Crippen MR) is 106 cm³/mol. The number of H-pyrrole nitrogens is 1. The van der Waals surface area contributed by atoms with E-state index in [0.717, 1.165) is 55.8 Å². The number of nitrogens with one attached hydrogen (secondary N) is 1. The van der Waals surface area contributed by atoms with Gasteiger partial charge in [0.2, 0.25) is 0 Å². The number of furan rings is 1. The van der Waals surface area contributed by atoms with Gasteiger partial charge in [0.1, 0.15) is 5.76 Å². The van der Waals surface area contributed by atoms with E-state index in [1.165, 1.54) is 11.4 Å². The van der Waals surface area contributed by atoms with Gasteiger partial charge in [-0.15, -0.1) is 0 Å². The van der Waals surface area contributed by atoms with Crippen LogP contribution in [0.4, 0.5) is 0 Å². The molecule has 0 aliphatic carbocycles. The third-order valence-corrected chi connectivity index (χ3v) is 6.40. The molecule has 0 unspecified atom stereocenters. The first-order valence-electron chi connectivity index (χ1n) is 9.84. The fourth-order valence-electron chi connectivity index (χ4n) is 4.69. The van der Waals surface area contributed by atoms with Crippen molar-refractivity contribution >= 4 is 5.91 Å². The second kappa shape index (κ2) is 6.63. The minimum atomic E-state index is -0.0481. The molecule has 1 aromatic carbocycles. The summed E-state index contributed by atoms with van der Waals surface area (Å²) in [5.41, 5.74) is 4.09. The first-order chi connectivity index (χ1) is 13.7. The number of likely N-dealkylation sites (N-methyl/N-ethyl adjacent to an activating group) is 1. The Morgan fingerprint density at radius 2 is 1.93 bits per heavy atom. The largest absolute Gasteiger partial charge is 0.464 e. The van der Waals surface area contributed by atoms with Crippen LogP contribution in [0.5, 0.6) is 0 Å². The summed E-state index contributed by atoms with van der Waals surface area (Å²) >= 11 is 0. The summed E-state index contributed by atoms with van der Waals surface area (Å²) < 4.78 is 5.42. The molecule has 1 amide bonds. The molecule has 6 heteroatoms. The molecule has 0 atom stereocenters. The molecule has 2 aromatic heterocycles. The average molecular weight is 376 g/mol. The molecule has 0 saturated carbocycles. The van der Waals surface area contributed by atoms with Gasteiger partial charge in [-0.1, -0.05) is 12.1 Å². The number of carbonyl (C=O) groups excluding carboxylic acids is 1. The van der Waals surface area contributed by atoms with Crippen molar-refractivity contribution in [1.29, 1.82) is 0 Å². The first kappa shape index (κ1) is 17.3. The number of aromatic nitrogens is 2. The molecule has 6 nitrogen and oxygen atoms in total. The zero-order valence-corrected chi connectivity index (χ0v) is 16.0. The number of nitrogens with zero attached hydrogens (tertiary/aromatic N) is 3. The second-order valence-electron chi connectivity index (χ2n) is 7.78. The Kier molecular flexibility index (Phi) is 4.09. The van der Waals surface area contributed by atoms with Crippen LogP contribution in [-0.2, 0) is 12.0 Å². The summed E-state index contributed by atoms with van der Waals surface area (Å²) in [4.78, 5) is 25.4. The van der Waals surface area contributed by atoms with E-state index in [4.69, 9.17) is 4.42 Å². The first-order valence-corrected chi connectivity index (χ1v) is 9.84. The topological polar surface area (TPSA) is 65.4 Å². The summed E-state index contributed by atoms with van der Waals surface area (Å²) in [5, 5.41) is 0. The third-order valence-electron chi connectivity index (χ3n) is 6.40. The summed E-state index contributed by atoms with van der Waals surface area (Å²) in [6.07, 6.45) is 6.31. The Labute approximate surface area is 164 Å². The van der Waals surface area contributed by atoms with Crippen LogP contribution in [-0.4, -0.2) is 52.4 Å². The van der Waals surface area contributed by atoms with Crippen LogP contribution in [0.2, 0.25) is 0 Å². The highest BCUT2D eigenvalue weighted by molar-refractivity contribution is 5.94. The van der Waals surface area contributed by atoms with Crippen LogP contribution >= 0.6 is 0 Å². The summed E-state index contributed by atoms with van der Waals surface area (Å²) in [6.45, 7) is 2.52. The molecular weight excluding hydrogens is 352 g/mol. The minimum Gasteiger partial charge on any atom is -0.464 e. The normalized spacial score (nSPS) is 19.0. The standard InChI is InChI=1S/C22H24N4O2/c1-25-11-8-18-20(24-15-23-18)22(25)9-12-26(13-10-22)21(27)17-6-4-16(5-7-17)19-3-2-14-28-19/h2-7,14-15H,8-13H2,1H3,(H,23,24). The maximum Gasteiger partial charge on any atom is 0.253 e. The number of fused-ring (bicyclic) bond motifs is 2. The lowest BCUT2D eigenvalue weighted by Crippen LogP contribution is -2.55. The molecule has 1 N–H and O–H groups in total. The molecule has 0 radical (unpaired) electrons. The lowest BCUT2D eigenvalue weighted by atomic mass is 9.79. The molecular formula is C22H24N4O2. The number of hydrogen-bond acceptors (Lipinski definition) is 4. The van der Waals surface area contributed by atoms with E-state index < -0.39 is 0 Å². The van der Waals surface area contributed by atoms with Gasteiger partial charge in [-0.25, -0.2) is 4.98 Å². The molecule has 144 valence electrons. The highest BCUT2D eigenvalue weighted by Crippen LogP contribution is 2.41. The number of imidazole rings is 1. The number of hydrogen-bond donors (Lipinski definition) is 1. The number of benzene rings is 1. The molecule has 1 fully saturated rings. The molecule has 3 aromatic rings. The number of amides is 1. The lowest BCUT2D eigenvalue weighted by Gasteiger charge is -2.49. The van der Waals surface area contributed by atoms with Gasteiger partial charge < -0.3 is 14.3 Å². The number of likely N-dealkylation sites (tertiary alicyclic amines) is 1. The zero-order chi connectivity index (χ0) is 19.1. The fourth-order valence-corrected chi connectivity index (χ4v) is 4.69. The summed E-state index contributed by atoms with van der Waals surface area (Å²) in [7, 11) is 2.18. The molecule has 0 bridgehead atoms. The molecule has 2 aliphatic heterocycles. The van der Waals surface area contributed by atoms with Crippen LogP contribution in [0, 0.1) is 0 Å². The van der Waals surface area contributed by atoms with Crippen LogP contribution < -0.4 is 0 Å². The van der Waals surface area contributed by atoms with Crippen LogP contribution in [0.25, 0.3) is 11.3 Å². The van der Waals surface area contributed by atoms with E-state index in [9.17, 15) is 4.79 Å². The number of piperidine rings is 1. The minimum absolute atomic E-state index is 0.0481. The van der Waals surface area contributed by atoms with Crippen LogP contribution in [0.3, 0.4) is 0 Å². The van der Waals surface area contributed by atoms with Crippen molar-refractivity contribution in [1.82, 2.24) is 19.8 Å². The van der Waals surface area contributed by atoms with Crippen molar-refractivity contribution in [2.24, 2.45) is 0 Å². The number of carbonyl (C=O) groups is 1. The van der Waals surface area contributed by atoms with Gasteiger partial charge in [-0.3, -0.25) is 9.69 Å². The van der Waals surface area contributed by atoms with Crippen molar-refractivity contribution in [3.05, 3.63) is 65.9 Å². The van der Waals surface area contributed by atoms with Crippen LogP contribution in [0.1, 0.15) is 34.6 Å². The van der Waals surface area contributed by atoms with Crippen molar-refractivity contribution < 1.29 is 9.21 Å². The van der Waals surface area contributed by atoms with Crippen molar-refractivity contribution in [3.63, 3.8) is 0 Å². The smallest absolute Gasteiger partial charge is 0.253 e. The Hall–Kier alpha value is -2.86. The lowest BCUT2D eigenvalue weighted by molar-refractivity contribution is 0.0226. The Balaban J connectivity index is 1.31. The predicted octanol–water partition coefficient (Wildman–Crippen LogP) is 3.29. The van der Waals surface area contributed by atoms with E-state index in [-0.39, 0.29) is 11.4 Å². The molecule has 4 heterocycles. The Bertz CT molecular complexity index is 966. The quantitative estimate of drug-likeness (QED) is 0.745. The Morgan fingerprint density at radius 1 is 1.14 bits per heavy atom. The van der Waals surface area contributed by atoms with Crippen LogP contribution in [0.15, 0.2) is 53.4 Å². The van der Waals surface area contributed by atoms with E-state index in [1.54, 1.807) is 6.26 Å². The highest BCUT2D eigenvalue weighted by atomic mass is 16.3. The van der Waals surface area contributed by atoms with Crippen molar-refractivity contribution in [2.45, 2.75) is 24.8 Å². The van der Waals surface area contributed by atoms with E-state index in [1.807, 2.05) is 47.6 Å². The van der Waals surface area contributed by atoms with Crippen molar-refractivity contribution in [3.8, 4) is 11.3 Å². The van der Waals surface area contributed by atoms with Gasteiger partial charge in [0, 0.05) is 42.9 Å². The number of aromatic amines is 1. The van der Waals surface area contributed by atoms with E-state index in [0.29, 0.717) is 0 Å². The number of rotatable bonds is 2. The van der Waals surface area contributed by atoms with Gasteiger partial charge in [0.15, 0.2) is 0 Å². The highest BCUT2D eigenvalue weighted by Gasteiger charge is 2.45. The van der Waals surface area contributed by atoms with Gasteiger partial charge in [-0.05, 0) is 44.2 Å². The fraction of sp³-hybridized carbons (Fsp3) is 0.364. The van der Waals surface area contributed by atoms with Crippen molar-refractivity contribution in [2.75, 3.05) is 26.7 Å². The van der Waals surface area contributed by atoms with Gasteiger partial charge >= 0.3 is 0 Å². The zero-order valence-electron chi connectivity index (χ0n) is 16.0. The van der Waals surface area contributed by atoms with E-state index in [2.05, 4.69) is 21.9 Å². The second-order valence-corrected chi connectivity index (χ2v) is 7.78. The SMILES string of the molecule is CN1CCc2[nH]cnc2C12CCN(C(=O)c1ccc(-c3ccco3)cc1)CC2. The summed E-state index contributed by atoms with van der Waals surface area (Å²) in [6, 6.07) is 11.5.